The van der Waals surface area contributed by atoms with Gasteiger partial charge in [0.15, 0.2) is 11.6 Å². The van der Waals surface area contributed by atoms with Crippen molar-refractivity contribution in [2.24, 2.45) is 0 Å². The number of nitrogens with zero attached hydrogens (tertiary/aromatic N) is 2. The Morgan fingerprint density at radius 2 is 1.67 bits per heavy atom. The second-order valence-electron chi connectivity index (χ2n) is 5.10. The average molecular weight is 349 g/mol. The standard InChI is InChI=1S/C17H11ClF2N2O2/c18-13-4-2-1-3-11(13)10-21-7-8-22(17(24)16(21)23)12-5-6-14(19)15(20)9-12/h1-9H,10H2. The molecule has 1 aromatic heterocycles. The molecular formula is C17H11ClF2N2O2. The Bertz CT molecular complexity index is 1030. The third-order valence-corrected chi connectivity index (χ3v) is 3.91. The molecule has 0 amide bonds. The van der Waals surface area contributed by atoms with Crippen LogP contribution in [0.15, 0.2) is 64.4 Å². The van der Waals surface area contributed by atoms with E-state index in [1.54, 1.807) is 24.3 Å². The second kappa shape index (κ2) is 6.41. The summed E-state index contributed by atoms with van der Waals surface area (Å²) in [6.45, 7) is 0.131. The van der Waals surface area contributed by atoms with Crippen LogP contribution in [-0.4, -0.2) is 9.13 Å². The van der Waals surface area contributed by atoms with Crippen molar-refractivity contribution in [2.45, 2.75) is 6.54 Å². The summed E-state index contributed by atoms with van der Waals surface area (Å²) in [5.41, 5.74) is -0.898. The highest BCUT2D eigenvalue weighted by Crippen LogP contribution is 2.15. The third-order valence-electron chi connectivity index (χ3n) is 3.54. The van der Waals surface area contributed by atoms with Crippen molar-refractivity contribution in [3.8, 4) is 5.69 Å². The van der Waals surface area contributed by atoms with Crippen LogP contribution in [0.2, 0.25) is 5.02 Å². The van der Waals surface area contributed by atoms with E-state index in [0.717, 1.165) is 16.7 Å². The zero-order valence-corrected chi connectivity index (χ0v) is 13.0. The molecule has 0 saturated carbocycles. The minimum Gasteiger partial charge on any atom is -0.305 e. The lowest BCUT2D eigenvalue weighted by molar-refractivity contribution is 0.507. The summed E-state index contributed by atoms with van der Waals surface area (Å²) in [7, 11) is 0. The quantitative estimate of drug-likeness (QED) is 0.683. The molecule has 0 N–H and O–H groups in total. The van der Waals surface area contributed by atoms with Crippen molar-refractivity contribution in [1.29, 1.82) is 0 Å². The molecular weight excluding hydrogens is 338 g/mol. The number of hydrogen-bond donors (Lipinski definition) is 0. The minimum atomic E-state index is -1.10. The fourth-order valence-electron chi connectivity index (χ4n) is 2.28. The SMILES string of the molecule is O=c1c(=O)n(-c2ccc(F)c(F)c2)ccn1Cc1ccccc1Cl. The maximum atomic E-state index is 13.3. The molecule has 24 heavy (non-hydrogen) atoms. The fourth-order valence-corrected chi connectivity index (χ4v) is 2.48. The van der Waals surface area contributed by atoms with Crippen molar-refractivity contribution in [3.63, 3.8) is 0 Å². The zero-order valence-electron chi connectivity index (χ0n) is 12.2. The van der Waals surface area contributed by atoms with Gasteiger partial charge >= 0.3 is 11.1 Å². The van der Waals surface area contributed by atoms with Crippen LogP contribution in [0.1, 0.15) is 5.56 Å². The molecule has 0 aliphatic heterocycles. The summed E-state index contributed by atoms with van der Waals surface area (Å²) in [6.07, 6.45) is 2.72. The van der Waals surface area contributed by atoms with Gasteiger partial charge in [-0.2, -0.15) is 0 Å². The van der Waals surface area contributed by atoms with Gasteiger partial charge in [0.25, 0.3) is 0 Å². The van der Waals surface area contributed by atoms with Gasteiger partial charge in [-0.3, -0.25) is 14.2 Å². The van der Waals surface area contributed by atoms with Gasteiger partial charge in [-0.1, -0.05) is 29.8 Å². The Hall–Kier alpha value is -2.73. The van der Waals surface area contributed by atoms with Crippen molar-refractivity contribution in [3.05, 3.63) is 97.8 Å². The van der Waals surface area contributed by atoms with E-state index in [4.69, 9.17) is 11.6 Å². The Kier molecular flexibility index (Phi) is 4.31. The molecule has 7 heteroatoms. The van der Waals surface area contributed by atoms with Crippen molar-refractivity contribution in [2.75, 3.05) is 0 Å². The normalized spacial score (nSPS) is 10.8. The van der Waals surface area contributed by atoms with Crippen LogP contribution < -0.4 is 11.1 Å². The summed E-state index contributed by atoms with van der Waals surface area (Å²) in [5, 5.41) is 0.481. The van der Waals surface area contributed by atoms with Gasteiger partial charge in [0.2, 0.25) is 0 Å². The Morgan fingerprint density at radius 1 is 0.917 bits per heavy atom. The lowest BCUT2D eigenvalue weighted by Crippen LogP contribution is -2.40. The lowest BCUT2D eigenvalue weighted by Gasteiger charge is -2.10. The largest absolute Gasteiger partial charge is 0.320 e. The molecule has 3 aromatic rings. The molecule has 0 radical (unpaired) electrons. The lowest BCUT2D eigenvalue weighted by atomic mass is 10.2. The van der Waals surface area contributed by atoms with E-state index in [1.165, 1.54) is 23.0 Å². The molecule has 0 spiro atoms. The first-order valence-electron chi connectivity index (χ1n) is 6.98. The highest BCUT2D eigenvalue weighted by atomic mass is 35.5. The topological polar surface area (TPSA) is 44.0 Å². The molecule has 0 saturated heterocycles. The van der Waals surface area contributed by atoms with E-state index in [1.807, 2.05) is 0 Å². The smallest absolute Gasteiger partial charge is 0.305 e. The van der Waals surface area contributed by atoms with Crippen LogP contribution >= 0.6 is 11.6 Å². The van der Waals surface area contributed by atoms with E-state index in [9.17, 15) is 18.4 Å². The monoisotopic (exact) mass is 348 g/mol. The third kappa shape index (κ3) is 3.00. The van der Waals surface area contributed by atoms with Crippen LogP contribution in [-0.2, 0) is 6.54 Å². The highest BCUT2D eigenvalue weighted by Gasteiger charge is 2.10. The van der Waals surface area contributed by atoms with Crippen molar-refractivity contribution >= 4 is 11.6 Å². The van der Waals surface area contributed by atoms with Gasteiger partial charge in [-0.05, 0) is 23.8 Å². The molecule has 0 aliphatic carbocycles. The molecule has 3 rings (SSSR count). The van der Waals surface area contributed by atoms with Gasteiger partial charge in [0, 0.05) is 23.5 Å². The van der Waals surface area contributed by atoms with Crippen LogP contribution in [0.5, 0.6) is 0 Å². The van der Waals surface area contributed by atoms with Crippen LogP contribution in [0.25, 0.3) is 5.69 Å². The van der Waals surface area contributed by atoms with Gasteiger partial charge in [-0.25, -0.2) is 8.78 Å². The summed E-state index contributed by atoms with van der Waals surface area (Å²) in [4.78, 5) is 24.5. The number of hydrogen-bond acceptors (Lipinski definition) is 2. The minimum absolute atomic E-state index is 0.0703. The molecule has 0 atom stereocenters. The van der Waals surface area contributed by atoms with E-state index >= 15 is 0 Å². The first kappa shape index (κ1) is 16.1. The van der Waals surface area contributed by atoms with E-state index in [2.05, 4.69) is 0 Å². The van der Waals surface area contributed by atoms with Crippen LogP contribution in [0.3, 0.4) is 0 Å². The predicted molar refractivity (Wildman–Crippen MR) is 86.8 cm³/mol. The summed E-state index contributed by atoms with van der Waals surface area (Å²) in [5.74, 6) is -2.13. The summed E-state index contributed by atoms with van der Waals surface area (Å²) in [6, 6.07) is 9.93. The van der Waals surface area contributed by atoms with E-state index in [0.29, 0.717) is 10.6 Å². The molecule has 0 unspecified atom stereocenters. The average Bonchev–Trinajstić information content (AvgIpc) is 2.57. The Morgan fingerprint density at radius 3 is 2.38 bits per heavy atom. The number of benzene rings is 2. The van der Waals surface area contributed by atoms with Crippen molar-refractivity contribution in [1.82, 2.24) is 9.13 Å². The maximum Gasteiger partial charge on any atom is 0.320 e. The van der Waals surface area contributed by atoms with Crippen LogP contribution in [0, 0.1) is 11.6 Å². The first-order chi connectivity index (χ1) is 11.5. The molecule has 2 aromatic carbocycles. The Balaban J connectivity index is 2.03. The second-order valence-corrected chi connectivity index (χ2v) is 5.50. The van der Waals surface area contributed by atoms with Gasteiger partial charge in [0.05, 0.1) is 12.2 Å². The van der Waals surface area contributed by atoms with Gasteiger partial charge < -0.3 is 4.57 Å². The van der Waals surface area contributed by atoms with E-state index in [-0.39, 0.29) is 12.2 Å². The number of halogens is 3. The van der Waals surface area contributed by atoms with Gasteiger partial charge in [-0.15, -0.1) is 0 Å². The molecule has 0 fully saturated rings. The van der Waals surface area contributed by atoms with Crippen molar-refractivity contribution < 1.29 is 8.78 Å². The highest BCUT2D eigenvalue weighted by molar-refractivity contribution is 6.31. The fraction of sp³-hybridized carbons (Fsp3) is 0.0588. The van der Waals surface area contributed by atoms with Gasteiger partial charge in [0.1, 0.15) is 0 Å². The first-order valence-corrected chi connectivity index (χ1v) is 7.36. The summed E-state index contributed by atoms with van der Waals surface area (Å²) < 4.78 is 28.5. The van der Waals surface area contributed by atoms with E-state index < -0.39 is 22.8 Å². The molecule has 0 bridgehead atoms. The molecule has 0 aliphatic rings. The molecule has 4 nitrogen and oxygen atoms in total. The molecule has 1 heterocycles. The number of rotatable bonds is 3. The van der Waals surface area contributed by atoms with Crippen LogP contribution in [0.4, 0.5) is 8.78 Å². The zero-order chi connectivity index (χ0) is 17.3. The molecule has 122 valence electrons. The predicted octanol–water partition coefficient (Wildman–Crippen LogP) is 2.98. The maximum absolute atomic E-state index is 13.3. The Labute approximate surface area is 140 Å². The summed E-state index contributed by atoms with van der Waals surface area (Å²) >= 11 is 6.05. The number of aromatic nitrogens is 2.